The highest BCUT2D eigenvalue weighted by atomic mass is 32.2. The lowest BCUT2D eigenvalue weighted by Gasteiger charge is -2.14. The number of fused-ring (bicyclic) bond motifs is 1. The summed E-state index contributed by atoms with van der Waals surface area (Å²) in [5.41, 5.74) is 3.23. The predicted molar refractivity (Wildman–Crippen MR) is 101 cm³/mol. The lowest BCUT2D eigenvalue weighted by atomic mass is 9.95. The van der Waals surface area contributed by atoms with Crippen LogP contribution in [0.1, 0.15) is 47.5 Å². The molecule has 0 atom stereocenters. The van der Waals surface area contributed by atoms with Gasteiger partial charge < -0.3 is 10.1 Å². The molecule has 0 bridgehead atoms. The number of nitrogens with zero attached hydrogens (tertiary/aromatic N) is 2. The molecule has 0 aromatic carbocycles. The fourth-order valence-electron chi connectivity index (χ4n) is 2.66. The molecule has 0 aliphatic heterocycles. The minimum atomic E-state index is -0.346. The number of aromatic nitrogens is 2. The highest BCUT2D eigenvalue weighted by Crippen LogP contribution is 2.38. The predicted octanol–water partition coefficient (Wildman–Crippen LogP) is 3.77. The SMILES string of the molecule is CC(C)OC(=O)c1c(NC(=O)CSc2nncs2)sc2c1CCCC2. The molecule has 0 saturated carbocycles. The van der Waals surface area contributed by atoms with E-state index in [1.165, 1.54) is 39.3 Å². The maximum Gasteiger partial charge on any atom is 0.341 e. The number of thioether (sulfide) groups is 1. The standard InChI is InChI=1S/C16H19N3O3S3/c1-9(2)22-15(21)13-10-5-3-4-6-11(10)25-14(13)18-12(20)7-23-16-19-17-8-24-16/h8-9H,3-7H2,1-2H3,(H,18,20). The van der Waals surface area contributed by atoms with Crippen molar-refractivity contribution in [3.05, 3.63) is 21.5 Å². The molecule has 134 valence electrons. The van der Waals surface area contributed by atoms with E-state index >= 15 is 0 Å². The maximum absolute atomic E-state index is 12.5. The van der Waals surface area contributed by atoms with Gasteiger partial charge in [0.1, 0.15) is 10.5 Å². The normalized spacial score (nSPS) is 13.6. The molecule has 0 fully saturated rings. The minimum absolute atomic E-state index is 0.155. The number of carbonyl (C=O) groups is 2. The number of ether oxygens (including phenoxy) is 1. The molecule has 9 heteroatoms. The van der Waals surface area contributed by atoms with E-state index in [2.05, 4.69) is 15.5 Å². The van der Waals surface area contributed by atoms with Gasteiger partial charge in [-0.2, -0.15) is 0 Å². The van der Waals surface area contributed by atoms with Crippen LogP contribution in [0.15, 0.2) is 9.85 Å². The molecule has 2 aromatic heterocycles. The van der Waals surface area contributed by atoms with Crippen LogP contribution in [-0.4, -0.2) is 33.9 Å². The first-order valence-electron chi connectivity index (χ1n) is 8.09. The van der Waals surface area contributed by atoms with Crippen LogP contribution in [0.3, 0.4) is 0 Å². The molecule has 0 radical (unpaired) electrons. The molecule has 2 aromatic rings. The van der Waals surface area contributed by atoms with Crippen LogP contribution in [0.4, 0.5) is 5.00 Å². The molecule has 6 nitrogen and oxygen atoms in total. The van der Waals surface area contributed by atoms with Gasteiger partial charge in [-0.1, -0.05) is 23.1 Å². The van der Waals surface area contributed by atoms with Crippen LogP contribution in [0, 0.1) is 0 Å². The molecule has 0 spiro atoms. The summed E-state index contributed by atoms with van der Waals surface area (Å²) in [7, 11) is 0. The number of carbonyl (C=O) groups excluding carboxylic acids is 2. The van der Waals surface area contributed by atoms with E-state index in [0.29, 0.717) is 10.6 Å². The summed E-state index contributed by atoms with van der Waals surface area (Å²) in [4.78, 5) is 26.0. The number of thiophene rings is 1. The fraction of sp³-hybridized carbons (Fsp3) is 0.500. The van der Waals surface area contributed by atoms with Crippen molar-refractivity contribution in [2.75, 3.05) is 11.1 Å². The van der Waals surface area contributed by atoms with Gasteiger partial charge in [0.15, 0.2) is 4.34 Å². The van der Waals surface area contributed by atoms with Gasteiger partial charge in [-0.25, -0.2) is 4.79 Å². The van der Waals surface area contributed by atoms with E-state index in [-0.39, 0.29) is 23.7 Å². The second-order valence-corrected chi connectivity index (χ2v) is 9.07. The molecule has 1 aliphatic rings. The Morgan fingerprint density at radius 3 is 2.88 bits per heavy atom. The van der Waals surface area contributed by atoms with E-state index in [4.69, 9.17) is 4.74 Å². The van der Waals surface area contributed by atoms with Crippen molar-refractivity contribution < 1.29 is 14.3 Å². The first-order valence-corrected chi connectivity index (χ1v) is 10.8. The Hall–Kier alpha value is -1.45. The van der Waals surface area contributed by atoms with Crippen molar-refractivity contribution in [1.82, 2.24) is 10.2 Å². The van der Waals surface area contributed by atoms with E-state index < -0.39 is 0 Å². The first-order chi connectivity index (χ1) is 12.0. The minimum Gasteiger partial charge on any atom is -0.459 e. The molecule has 0 saturated heterocycles. The number of hydrogen-bond donors (Lipinski definition) is 1. The first kappa shape index (κ1) is 18.3. The third kappa shape index (κ3) is 4.59. The second-order valence-electron chi connectivity index (χ2n) is 5.91. The van der Waals surface area contributed by atoms with Gasteiger partial charge in [0, 0.05) is 4.88 Å². The van der Waals surface area contributed by atoms with Gasteiger partial charge in [0.2, 0.25) is 5.91 Å². The average molecular weight is 398 g/mol. The van der Waals surface area contributed by atoms with Crippen molar-refractivity contribution in [2.24, 2.45) is 0 Å². The Bertz CT molecular complexity index is 756. The molecule has 25 heavy (non-hydrogen) atoms. The van der Waals surface area contributed by atoms with Crippen LogP contribution in [0.5, 0.6) is 0 Å². The Balaban J connectivity index is 1.76. The van der Waals surface area contributed by atoms with Crippen molar-refractivity contribution in [2.45, 2.75) is 50.0 Å². The summed E-state index contributed by atoms with van der Waals surface area (Å²) in [6.45, 7) is 3.65. The summed E-state index contributed by atoms with van der Waals surface area (Å²) >= 11 is 4.23. The quantitative estimate of drug-likeness (QED) is 0.590. The molecule has 1 amide bonds. The van der Waals surface area contributed by atoms with Crippen LogP contribution in [0.2, 0.25) is 0 Å². The van der Waals surface area contributed by atoms with Gasteiger partial charge in [-0.05, 0) is 45.1 Å². The Morgan fingerprint density at radius 1 is 1.36 bits per heavy atom. The molecule has 0 unspecified atom stereocenters. The molecule has 3 rings (SSSR count). The maximum atomic E-state index is 12.5. The second kappa shape index (κ2) is 8.29. The molecule has 1 N–H and O–H groups in total. The highest BCUT2D eigenvalue weighted by Gasteiger charge is 2.27. The third-order valence-electron chi connectivity index (χ3n) is 3.64. The number of rotatable bonds is 6. The smallest absolute Gasteiger partial charge is 0.341 e. The van der Waals surface area contributed by atoms with Crippen molar-refractivity contribution in [3.63, 3.8) is 0 Å². The summed E-state index contributed by atoms with van der Waals surface area (Å²) in [6.07, 6.45) is 3.81. The number of hydrogen-bond acceptors (Lipinski definition) is 8. The molecule has 2 heterocycles. The van der Waals surface area contributed by atoms with Crippen LogP contribution in [-0.2, 0) is 22.4 Å². The van der Waals surface area contributed by atoms with Crippen LogP contribution >= 0.6 is 34.4 Å². The lowest BCUT2D eigenvalue weighted by Crippen LogP contribution is -2.18. The zero-order valence-electron chi connectivity index (χ0n) is 14.0. The summed E-state index contributed by atoms with van der Waals surface area (Å²) in [6, 6.07) is 0. The topological polar surface area (TPSA) is 81.2 Å². The van der Waals surface area contributed by atoms with E-state index in [1.807, 2.05) is 13.8 Å². The average Bonchev–Trinajstić information content (AvgIpc) is 3.19. The van der Waals surface area contributed by atoms with Gasteiger partial charge in [0.25, 0.3) is 0 Å². The monoisotopic (exact) mass is 397 g/mol. The number of nitrogens with one attached hydrogen (secondary N) is 1. The van der Waals surface area contributed by atoms with E-state index in [1.54, 1.807) is 5.51 Å². The fourth-order valence-corrected chi connectivity index (χ4v) is 5.24. The zero-order chi connectivity index (χ0) is 17.8. The van der Waals surface area contributed by atoms with Gasteiger partial charge >= 0.3 is 5.97 Å². The Kier molecular flexibility index (Phi) is 6.08. The van der Waals surface area contributed by atoms with Gasteiger partial charge in [-0.15, -0.1) is 21.5 Å². The Labute approximate surface area is 158 Å². The molecule has 1 aliphatic carbocycles. The van der Waals surface area contributed by atoms with E-state index in [0.717, 1.165) is 35.6 Å². The molecular formula is C16H19N3O3S3. The van der Waals surface area contributed by atoms with Gasteiger partial charge in [-0.3, -0.25) is 4.79 Å². The zero-order valence-corrected chi connectivity index (χ0v) is 16.5. The van der Waals surface area contributed by atoms with Crippen LogP contribution in [0.25, 0.3) is 0 Å². The van der Waals surface area contributed by atoms with Crippen LogP contribution < -0.4 is 5.32 Å². The van der Waals surface area contributed by atoms with E-state index in [9.17, 15) is 9.59 Å². The largest absolute Gasteiger partial charge is 0.459 e. The molecular weight excluding hydrogens is 378 g/mol. The third-order valence-corrected chi connectivity index (χ3v) is 6.71. The van der Waals surface area contributed by atoms with Crippen molar-refractivity contribution in [3.8, 4) is 0 Å². The number of esters is 1. The highest BCUT2D eigenvalue weighted by molar-refractivity contribution is 8.01. The number of aryl methyl sites for hydroxylation is 1. The summed E-state index contributed by atoms with van der Waals surface area (Å²) in [5, 5.41) is 11.2. The van der Waals surface area contributed by atoms with Gasteiger partial charge in [0.05, 0.1) is 17.4 Å². The lowest BCUT2D eigenvalue weighted by molar-refractivity contribution is -0.113. The number of amides is 1. The Morgan fingerprint density at radius 2 is 2.16 bits per heavy atom. The number of anilines is 1. The van der Waals surface area contributed by atoms with Crippen molar-refractivity contribution in [1.29, 1.82) is 0 Å². The van der Waals surface area contributed by atoms with Crippen molar-refractivity contribution >= 4 is 51.3 Å². The summed E-state index contributed by atoms with van der Waals surface area (Å²) in [5.74, 6) is -0.268. The summed E-state index contributed by atoms with van der Waals surface area (Å²) < 4.78 is 6.15.